The maximum Gasteiger partial charge on any atom is 0.319 e. The minimum Gasteiger partial charge on any atom is -0.481 e. The average Bonchev–Trinajstić information content (AvgIpc) is 2.27. The summed E-state index contributed by atoms with van der Waals surface area (Å²) >= 11 is 0. The third kappa shape index (κ3) is 3.40. The molecular weight excluding hydrogens is 208 g/mol. The van der Waals surface area contributed by atoms with E-state index >= 15 is 0 Å². The first-order valence-corrected chi connectivity index (χ1v) is 5.76. The van der Waals surface area contributed by atoms with Gasteiger partial charge in [-0.2, -0.15) is 0 Å². The summed E-state index contributed by atoms with van der Waals surface area (Å²) in [7, 11) is 1.78. The third-order valence-corrected chi connectivity index (χ3v) is 3.15. The summed E-state index contributed by atoms with van der Waals surface area (Å²) in [6.07, 6.45) is 1.83. The topological polar surface area (TPSA) is 60.9 Å². The van der Waals surface area contributed by atoms with Gasteiger partial charge < -0.3 is 14.9 Å². The van der Waals surface area contributed by atoms with Gasteiger partial charge in [0.1, 0.15) is 0 Å². The number of hydrogen-bond donors (Lipinski definition) is 1. The molecule has 5 heteroatoms. The van der Waals surface area contributed by atoms with Crippen molar-refractivity contribution in [2.75, 3.05) is 26.7 Å². The van der Waals surface area contributed by atoms with Gasteiger partial charge >= 0.3 is 12.0 Å². The number of hydrogen-bond acceptors (Lipinski definition) is 2. The molecule has 0 aromatic heterocycles. The van der Waals surface area contributed by atoms with Crippen LogP contribution in [0.25, 0.3) is 0 Å². The molecule has 0 spiro atoms. The van der Waals surface area contributed by atoms with Gasteiger partial charge in [-0.25, -0.2) is 4.79 Å². The van der Waals surface area contributed by atoms with Gasteiger partial charge in [-0.15, -0.1) is 0 Å². The molecule has 0 radical (unpaired) electrons. The average molecular weight is 228 g/mol. The van der Waals surface area contributed by atoms with Crippen LogP contribution >= 0.6 is 0 Å². The minimum atomic E-state index is -0.740. The number of carbonyl (C=O) groups is 2. The maximum atomic E-state index is 11.8. The van der Waals surface area contributed by atoms with E-state index in [0.29, 0.717) is 19.6 Å². The molecule has 1 saturated heterocycles. The summed E-state index contributed by atoms with van der Waals surface area (Å²) < 4.78 is 0. The summed E-state index contributed by atoms with van der Waals surface area (Å²) in [5, 5.41) is 8.68. The van der Waals surface area contributed by atoms with E-state index in [9.17, 15) is 9.59 Å². The zero-order valence-electron chi connectivity index (χ0n) is 9.98. The van der Waals surface area contributed by atoms with Crippen LogP contribution in [0.2, 0.25) is 0 Å². The molecule has 0 aliphatic carbocycles. The van der Waals surface area contributed by atoms with Crippen molar-refractivity contribution in [1.29, 1.82) is 0 Å². The van der Waals surface area contributed by atoms with E-state index < -0.39 is 5.97 Å². The molecule has 16 heavy (non-hydrogen) atoms. The predicted octanol–water partition coefficient (Wildman–Crippen LogP) is 1.24. The minimum absolute atomic E-state index is 0.0521. The fourth-order valence-corrected chi connectivity index (χ4v) is 1.95. The van der Waals surface area contributed by atoms with Gasteiger partial charge in [0.15, 0.2) is 0 Å². The quantitative estimate of drug-likeness (QED) is 0.790. The molecular formula is C11H20N2O3. The van der Waals surface area contributed by atoms with E-state index in [-0.39, 0.29) is 18.4 Å². The van der Waals surface area contributed by atoms with Gasteiger partial charge in [-0.1, -0.05) is 0 Å². The van der Waals surface area contributed by atoms with Gasteiger partial charge in [-0.3, -0.25) is 4.79 Å². The lowest BCUT2D eigenvalue weighted by Crippen LogP contribution is -2.45. The van der Waals surface area contributed by atoms with Gasteiger partial charge in [0, 0.05) is 33.1 Å². The Kier molecular flexibility index (Phi) is 4.58. The lowest BCUT2D eigenvalue weighted by atomic mass is 9.94. The monoisotopic (exact) mass is 228 g/mol. The van der Waals surface area contributed by atoms with Crippen LogP contribution in [0.1, 0.15) is 26.2 Å². The van der Waals surface area contributed by atoms with Crippen molar-refractivity contribution < 1.29 is 14.7 Å². The van der Waals surface area contributed by atoms with Crippen LogP contribution in [0.3, 0.4) is 0 Å². The van der Waals surface area contributed by atoms with E-state index in [1.54, 1.807) is 11.9 Å². The molecule has 0 bridgehead atoms. The molecule has 0 saturated carbocycles. The first-order chi connectivity index (χ1) is 7.54. The summed E-state index contributed by atoms with van der Waals surface area (Å²) in [4.78, 5) is 25.8. The van der Waals surface area contributed by atoms with Crippen LogP contribution in [0, 0.1) is 5.92 Å². The molecule has 5 nitrogen and oxygen atoms in total. The van der Waals surface area contributed by atoms with Gasteiger partial charge in [-0.05, 0) is 25.7 Å². The van der Waals surface area contributed by atoms with Crippen LogP contribution in [0.5, 0.6) is 0 Å². The van der Waals surface area contributed by atoms with E-state index in [4.69, 9.17) is 5.11 Å². The Labute approximate surface area is 96.0 Å². The van der Waals surface area contributed by atoms with Crippen molar-refractivity contribution in [2.45, 2.75) is 26.2 Å². The van der Waals surface area contributed by atoms with Gasteiger partial charge in [0.25, 0.3) is 0 Å². The number of urea groups is 1. The molecule has 1 rings (SSSR count). The zero-order valence-corrected chi connectivity index (χ0v) is 9.98. The number of aliphatic carboxylic acids is 1. The number of carboxylic acid groups (broad SMARTS) is 1. The molecule has 1 aliphatic heterocycles. The summed E-state index contributed by atoms with van der Waals surface area (Å²) in [5.41, 5.74) is 0. The van der Waals surface area contributed by atoms with Crippen molar-refractivity contribution in [1.82, 2.24) is 9.80 Å². The van der Waals surface area contributed by atoms with E-state index in [1.165, 1.54) is 0 Å². The maximum absolute atomic E-state index is 11.8. The highest BCUT2D eigenvalue weighted by molar-refractivity contribution is 5.74. The van der Waals surface area contributed by atoms with Crippen LogP contribution < -0.4 is 0 Å². The fraction of sp³-hybridized carbons (Fsp3) is 0.818. The highest BCUT2D eigenvalue weighted by Gasteiger charge is 2.25. The van der Waals surface area contributed by atoms with Crippen LogP contribution in [-0.2, 0) is 4.79 Å². The molecule has 0 atom stereocenters. The molecule has 92 valence electrons. The molecule has 1 heterocycles. The summed E-state index contributed by atoms with van der Waals surface area (Å²) in [5.74, 6) is -0.510. The largest absolute Gasteiger partial charge is 0.481 e. The highest BCUT2D eigenvalue weighted by atomic mass is 16.4. The normalized spacial score (nSPS) is 17.2. The lowest BCUT2D eigenvalue weighted by molar-refractivity contribution is -0.138. The Morgan fingerprint density at radius 2 is 1.94 bits per heavy atom. The molecule has 0 aromatic rings. The van der Waals surface area contributed by atoms with Crippen LogP contribution in [0.15, 0.2) is 0 Å². The fourth-order valence-electron chi connectivity index (χ4n) is 1.95. The Morgan fingerprint density at radius 3 is 2.38 bits per heavy atom. The van der Waals surface area contributed by atoms with E-state index in [2.05, 4.69) is 0 Å². The number of nitrogens with zero attached hydrogens (tertiary/aromatic N) is 2. The van der Waals surface area contributed by atoms with Crippen molar-refractivity contribution in [2.24, 2.45) is 5.92 Å². The van der Waals surface area contributed by atoms with Crippen LogP contribution in [-0.4, -0.2) is 53.6 Å². The molecule has 2 amide bonds. The highest BCUT2D eigenvalue weighted by Crippen LogP contribution is 2.20. The number of piperidine rings is 1. The lowest BCUT2D eigenvalue weighted by Gasteiger charge is -2.33. The Morgan fingerprint density at radius 1 is 1.38 bits per heavy atom. The number of rotatable bonds is 3. The first kappa shape index (κ1) is 12.8. The van der Waals surface area contributed by atoms with Crippen molar-refractivity contribution in [3.05, 3.63) is 0 Å². The molecule has 1 fully saturated rings. The van der Waals surface area contributed by atoms with Crippen molar-refractivity contribution in [3.63, 3.8) is 0 Å². The predicted molar refractivity (Wildman–Crippen MR) is 60.2 cm³/mol. The second-order valence-corrected chi connectivity index (χ2v) is 4.33. The molecule has 0 unspecified atom stereocenters. The van der Waals surface area contributed by atoms with E-state index in [0.717, 1.165) is 12.8 Å². The molecule has 1 aliphatic rings. The number of amides is 2. The molecule has 1 N–H and O–H groups in total. The smallest absolute Gasteiger partial charge is 0.319 e. The number of carbonyl (C=O) groups excluding carboxylic acids is 1. The SMILES string of the molecule is CCN(C)C(=O)N1CCC(CC(=O)O)CC1. The first-order valence-electron chi connectivity index (χ1n) is 5.76. The van der Waals surface area contributed by atoms with Crippen LogP contribution in [0.4, 0.5) is 4.79 Å². The van der Waals surface area contributed by atoms with E-state index in [1.807, 2.05) is 11.8 Å². The number of likely N-dealkylation sites (tertiary alicyclic amines) is 1. The molecule has 0 aromatic carbocycles. The Bertz CT molecular complexity index is 260. The second kappa shape index (κ2) is 5.72. The van der Waals surface area contributed by atoms with Gasteiger partial charge in [0.05, 0.1) is 0 Å². The Balaban J connectivity index is 2.37. The third-order valence-electron chi connectivity index (χ3n) is 3.15. The van der Waals surface area contributed by atoms with Crippen molar-refractivity contribution in [3.8, 4) is 0 Å². The van der Waals surface area contributed by atoms with Gasteiger partial charge in [0.2, 0.25) is 0 Å². The zero-order chi connectivity index (χ0) is 12.1. The summed E-state index contributed by atoms with van der Waals surface area (Å²) in [6, 6.07) is 0.0521. The number of carboxylic acids is 1. The summed E-state index contributed by atoms with van der Waals surface area (Å²) in [6.45, 7) is 4.01. The van der Waals surface area contributed by atoms with Crippen molar-refractivity contribution >= 4 is 12.0 Å². The standard InChI is InChI=1S/C11H20N2O3/c1-3-12(2)11(16)13-6-4-9(5-7-13)8-10(14)15/h9H,3-8H2,1-2H3,(H,14,15). The second-order valence-electron chi connectivity index (χ2n) is 4.33. The Hall–Kier alpha value is -1.26.